The number of hydrogen-bond acceptors (Lipinski definition) is 2. The standard InChI is InChI=1S/C13H13F3N2O/c1-8-6-17-7-10-5-9-3-2-4-11(12(9)18(8)10)19-13(14,15)16/h2-5,8,17H,6-7H2,1H3. The molecule has 0 amide bonds. The van der Waals surface area contributed by atoms with E-state index in [1.807, 2.05) is 17.6 Å². The fraction of sp³-hybridized carbons (Fsp3) is 0.385. The van der Waals surface area contributed by atoms with Gasteiger partial charge in [0.1, 0.15) is 0 Å². The number of aromatic nitrogens is 1. The van der Waals surface area contributed by atoms with Gasteiger partial charge in [0, 0.05) is 30.2 Å². The second-order valence-corrected chi connectivity index (χ2v) is 4.73. The predicted molar refractivity (Wildman–Crippen MR) is 65.0 cm³/mol. The summed E-state index contributed by atoms with van der Waals surface area (Å²) in [6, 6.07) is 6.74. The van der Waals surface area contributed by atoms with E-state index in [1.54, 1.807) is 12.1 Å². The lowest BCUT2D eigenvalue weighted by Crippen LogP contribution is -2.31. The number of rotatable bonds is 1. The Kier molecular flexibility index (Phi) is 2.70. The first kappa shape index (κ1) is 12.3. The average Bonchev–Trinajstić information content (AvgIpc) is 2.67. The zero-order valence-corrected chi connectivity index (χ0v) is 10.3. The van der Waals surface area contributed by atoms with Crippen LogP contribution in [-0.4, -0.2) is 17.5 Å². The molecule has 6 heteroatoms. The zero-order valence-electron chi connectivity index (χ0n) is 10.3. The topological polar surface area (TPSA) is 26.2 Å². The summed E-state index contributed by atoms with van der Waals surface area (Å²) >= 11 is 0. The van der Waals surface area contributed by atoms with Gasteiger partial charge in [0.2, 0.25) is 0 Å². The molecule has 0 saturated heterocycles. The largest absolute Gasteiger partial charge is 0.573 e. The van der Waals surface area contributed by atoms with Crippen LogP contribution in [0.4, 0.5) is 13.2 Å². The maximum atomic E-state index is 12.5. The lowest BCUT2D eigenvalue weighted by Gasteiger charge is -2.25. The molecular weight excluding hydrogens is 257 g/mol. The molecule has 3 rings (SSSR count). The number of benzene rings is 1. The van der Waals surface area contributed by atoms with E-state index in [1.165, 1.54) is 6.07 Å². The minimum absolute atomic E-state index is 0.0965. The highest BCUT2D eigenvalue weighted by atomic mass is 19.4. The van der Waals surface area contributed by atoms with E-state index >= 15 is 0 Å². The number of ether oxygens (including phenoxy) is 1. The summed E-state index contributed by atoms with van der Waals surface area (Å²) in [7, 11) is 0. The molecule has 102 valence electrons. The first-order valence-electron chi connectivity index (χ1n) is 6.05. The first-order chi connectivity index (χ1) is 8.96. The highest BCUT2D eigenvalue weighted by Crippen LogP contribution is 2.35. The van der Waals surface area contributed by atoms with Crippen molar-refractivity contribution in [2.75, 3.05) is 6.54 Å². The van der Waals surface area contributed by atoms with Crippen molar-refractivity contribution in [1.82, 2.24) is 9.88 Å². The predicted octanol–water partition coefficient (Wildman–Crippen LogP) is 3.20. The van der Waals surface area contributed by atoms with Gasteiger partial charge < -0.3 is 14.6 Å². The van der Waals surface area contributed by atoms with Crippen molar-refractivity contribution in [3.63, 3.8) is 0 Å². The number of para-hydroxylation sites is 1. The third-order valence-corrected chi connectivity index (χ3v) is 3.31. The summed E-state index contributed by atoms with van der Waals surface area (Å²) < 4.78 is 43.5. The Morgan fingerprint density at radius 1 is 1.37 bits per heavy atom. The molecule has 0 fully saturated rings. The van der Waals surface area contributed by atoms with Gasteiger partial charge in [-0.05, 0) is 19.1 Å². The van der Waals surface area contributed by atoms with Gasteiger partial charge >= 0.3 is 6.36 Å². The van der Waals surface area contributed by atoms with Gasteiger partial charge in [-0.15, -0.1) is 13.2 Å². The lowest BCUT2D eigenvalue weighted by atomic mass is 10.2. The van der Waals surface area contributed by atoms with E-state index in [0.717, 1.165) is 17.6 Å². The molecule has 1 aliphatic rings. The van der Waals surface area contributed by atoms with Crippen molar-refractivity contribution < 1.29 is 17.9 Å². The van der Waals surface area contributed by atoms with Crippen LogP contribution in [0.2, 0.25) is 0 Å². The zero-order chi connectivity index (χ0) is 13.6. The van der Waals surface area contributed by atoms with E-state index in [2.05, 4.69) is 10.1 Å². The Bertz CT molecular complexity index is 618. The van der Waals surface area contributed by atoms with Gasteiger partial charge in [-0.3, -0.25) is 0 Å². The van der Waals surface area contributed by atoms with Gasteiger partial charge in [-0.25, -0.2) is 0 Å². The molecule has 1 aliphatic heterocycles. The van der Waals surface area contributed by atoms with Crippen molar-refractivity contribution in [3.8, 4) is 5.75 Å². The summed E-state index contributed by atoms with van der Waals surface area (Å²) in [5, 5.41) is 4.01. The minimum atomic E-state index is -4.67. The quantitative estimate of drug-likeness (QED) is 0.861. The molecule has 0 spiro atoms. The maximum Gasteiger partial charge on any atom is 0.573 e. The van der Waals surface area contributed by atoms with Crippen LogP contribution >= 0.6 is 0 Å². The minimum Gasteiger partial charge on any atom is -0.404 e. The van der Waals surface area contributed by atoms with Crippen LogP contribution in [0.25, 0.3) is 10.9 Å². The van der Waals surface area contributed by atoms with E-state index < -0.39 is 6.36 Å². The summed E-state index contributed by atoms with van der Waals surface area (Å²) in [6.07, 6.45) is -4.67. The van der Waals surface area contributed by atoms with E-state index in [-0.39, 0.29) is 11.8 Å². The molecule has 1 aromatic heterocycles. The number of nitrogens with zero attached hydrogens (tertiary/aromatic N) is 1. The molecule has 1 aromatic carbocycles. The van der Waals surface area contributed by atoms with Crippen LogP contribution in [0.5, 0.6) is 5.75 Å². The van der Waals surface area contributed by atoms with Gasteiger partial charge in [-0.1, -0.05) is 12.1 Å². The number of halogens is 3. The smallest absolute Gasteiger partial charge is 0.404 e. The van der Waals surface area contributed by atoms with E-state index in [9.17, 15) is 13.2 Å². The first-order valence-corrected chi connectivity index (χ1v) is 6.05. The van der Waals surface area contributed by atoms with Crippen molar-refractivity contribution in [2.45, 2.75) is 25.9 Å². The normalized spacial score (nSPS) is 19.5. The highest BCUT2D eigenvalue weighted by molar-refractivity contribution is 5.87. The highest BCUT2D eigenvalue weighted by Gasteiger charge is 2.33. The molecule has 0 aliphatic carbocycles. The Morgan fingerprint density at radius 3 is 2.89 bits per heavy atom. The Hall–Kier alpha value is -1.69. The Morgan fingerprint density at radius 2 is 2.16 bits per heavy atom. The second kappa shape index (κ2) is 4.16. The molecule has 2 heterocycles. The molecule has 1 unspecified atom stereocenters. The molecule has 3 nitrogen and oxygen atoms in total. The van der Waals surface area contributed by atoms with Gasteiger partial charge in [-0.2, -0.15) is 0 Å². The van der Waals surface area contributed by atoms with Crippen LogP contribution in [0.15, 0.2) is 24.3 Å². The average molecular weight is 270 g/mol. The fourth-order valence-electron chi connectivity index (χ4n) is 2.65. The Labute approximate surface area is 108 Å². The van der Waals surface area contributed by atoms with Gasteiger partial charge in [0.05, 0.1) is 5.52 Å². The summed E-state index contributed by atoms with van der Waals surface area (Å²) in [5.74, 6) is -0.134. The van der Waals surface area contributed by atoms with Crippen LogP contribution in [0.1, 0.15) is 18.7 Å². The summed E-state index contributed by atoms with van der Waals surface area (Å²) in [5.41, 5.74) is 1.50. The van der Waals surface area contributed by atoms with Crippen LogP contribution in [-0.2, 0) is 6.54 Å². The summed E-state index contributed by atoms with van der Waals surface area (Å²) in [6.45, 7) is 3.36. The molecule has 1 atom stereocenters. The molecule has 1 N–H and O–H groups in total. The molecule has 0 saturated carbocycles. The van der Waals surface area contributed by atoms with Gasteiger partial charge in [0.25, 0.3) is 0 Å². The SMILES string of the molecule is CC1CNCc2cc3cccc(OC(F)(F)F)c3n21. The molecule has 19 heavy (non-hydrogen) atoms. The maximum absolute atomic E-state index is 12.5. The summed E-state index contributed by atoms with van der Waals surface area (Å²) in [4.78, 5) is 0. The third kappa shape index (κ3) is 2.16. The number of alkyl halides is 3. The number of nitrogens with one attached hydrogen (secondary N) is 1. The van der Waals surface area contributed by atoms with Crippen molar-refractivity contribution >= 4 is 10.9 Å². The monoisotopic (exact) mass is 270 g/mol. The van der Waals surface area contributed by atoms with E-state index in [4.69, 9.17) is 0 Å². The third-order valence-electron chi connectivity index (χ3n) is 3.31. The van der Waals surface area contributed by atoms with Gasteiger partial charge in [0.15, 0.2) is 5.75 Å². The van der Waals surface area contributed by atoms with Crippen molar-refractivity contribution in [1.29, 1.82) is 0 Å². The Balaban J connectivity index is 2.20. The molecule has 0 bridgehead atoms. The fourth-order valence-corrected chi connectivity index (χ4v) is 2.65. The second-order valence-electron chi connectivity index (χ2n) is 4.73. The van der Waals surface area contributed by atoms with Crippen molar-refractivity contribution in [2.24, 2.45) is 0 Å². The van der Waals surface area contributed by atoms with Crippen LogP contribution < -0.4 is 10.1 Å². The molecular formula is C13H13F3N2O. The molecule has 0 radical (unpaired) electrons. The van der Waals surface area contributed by atoms with Crippen LogP contribution in [0.3, 0.4) is 0 Å². The molecule has 2 aromatic rings. The lowest BCUT2D eigenvalue weighted by molar-refractivity contribution is -0.274. The number of fused-ring (bicyclic) bond motifs is 3. The van der Waals surface area contributed by atoms with E-state index in [0.29, 0.717) is 12.1 Å². The van der Waals surface area contributed by atoms with Crippen LogP contribution in [0, 0.1) is 0 Å². The van der Waals surface area contributed by atoms with Crippen molar-refractivity contribution in [3.05, 3.63) is 30.0 Å². The number of hydrogen-bond donors (Lipinski definition) is 1.